The minimum absolute atomic E-state index is 0.0772. The molecule has 0 aliphatic rings. The molecule has 0 heterocycles. The van der Waals surface area contributed by atoms with E-state index in [9.17, 15) is 19.7 Å². The number of methoxy groups -OCH3 is 2. The monoisotopic (exact) mass is 488 g/mol. The molecule has 0 spiro atoms. The molecule has 0 bridgehead atoms. The number of non-ortho nitro benzene ring substituents is 1. The van der Waals surface area contributed by atoms with Crippen molar-refractivity contribution in [3.63, 3.8) is 0 Å². The highest BCUT2D eigenvalue weighted by Gasteiger charge is 2.16. The van der Waals surface area contributed by atoms with Gasteiger partial charge in [0.15, 0.2) is 11.5 Å². The highest BCUT2D eigenvalue weighted by atomic mass is 16.6. The first-order valence-corrected chi connectivity index (χ1v) is 10.7. The molecule has 10 heteroatoms. The van der Waals surface area contributed by atoms with Gasteiger partial charge < -0.3 is 14.8 Å². The molecule has 2 N–H and O–H groups in total. The Labute approximate surface area is 207 Å². The van der Waals surface area contributed by atoms with Gasteiger partial charge >= 0.3 is 0 Å². The molecule has 0 atom stereocenters. The number of nitro benzene ring substituents is 1. The Hall–Kier alpha value is -4.99. The zero-order valence-corrected chi connectivity index (χ0v) is 19.8. The van der Waals surface area contributed by atoms with Crippen molar-refractivity contribution in [2.45, 2.75) is 6.92 Å². The Balaban J connectivity index is 1.91. The van der Waals surface area contributed by atoms with E-state index in [-0.39, 0.29) is 11.4 Å². The van der Waals surface area contributed by atoms with Gasteiger partial charge in [-0.1, -0.05) is 36.4 Å². The Morgan fingerprint density at radius 1 is 0.917 bits per heavy atom. The van der Waals surface area contributed by atoms with Gasteiger partial charge in [0.2, 0.25) is 0 Å². The molecule has 3 aromatic carbocycles. The molecule has 2 amide bonds. The number of nitro groups is 1. The summed E-state index contributed by atoms with van der Waals surface area (Å²) >= 11 is 0. The zero-order valence-electron chi connectivity index (χ0n) is 19.8. The third kappa shape index (κ3) is 6.54. The van der Waals surface area contributed by atoms with E-state index in [0.717, 1.165) is 0 Å². The molecular formula is C26H24N4O6. The number of carbonyl (C=O) groups excluding carboxylic acids is 2. The van der Waals surface area contributed by atoms with Crippen molar-refractivity contribution in [2.75, 3.05) is 14.2 Å². The first kappa shape index (κ1) is 25.6. The fourth-order valence-corrected chi connectivity index (χ4v) is 3.16. The molecule has 36 heavy (non-hydrogen) atoms. The predicted octanol–water partition coefficient (Wildman–Crippen LogP) is 3.92. The fraction of sp³-hybridized carbons (Fsp3) is 0.115. The second-order valence-electron chi connectivity index (χ2n) is 7.44. The van der Waals surface area contributed by atoms with Crippen LogP contribution < -0.4 is 20.2 Å². The number of hydrogen-bond donors (Lipinski definition) is 2. The van der Waals surface area contributed by atoms with Gasteiger partial charge in [0.25, 0.3) is 17.5 Å². The van der Waals surface area contributed by atoms with Crippen LogP contribution in [0.2, 0.25) is 0 Å². The molecule has 0 radical (unpaired) electrons. The van der Waals surface area contributed by atoms with Crippen LogP contribution in [0.3, 0.4) is 0 Å². The summed E-state index contributed by atoms with van der Waals surface area (Å²) < 4.78 is 10.6. The number of carbonyl (C=O) groups is 2. The van der Waals surface area contributed by atoms with Crippen LogP contribution in [0.15, 0.2) is 83.6 Å². The molecular weight excluding hydrogens is 464 g/mol. The van der Waals surface area contributed by atoms with Crippen LogP contribution in [0.4, 0.5) is 5.69 Å². The highest BCUT2D eigenvalue weighted by Crippen LogP contribution is 2.28. The maximum atomic E-state index is 13.0. The lowest BCUT2D eigenvalue weighted by Gasteiger charge is -2.11. The summed E-state index contributed by atoms with van der Waals surface area (Å²) in [6, 6.07) is 19.3. The Morgan fingerprint density at radius 3 is 2.28 bits per heavy atom. The van der Waals surface area contributed by atoms with E-state index in [2.05, 4.69) is 15.8 Å². The lowest BCUT2D eigenvalue weighted by atomic mass is 10.1. The minimum atomic E-state index is -0.696. The quantitative estimate of drug-likeness (QED) is 0.203. The first-order valence-electron chi connectivity index (χ1n) is 10.7. The zero-order chi connectivity index (χ0) is 26.1. The van der Waals surface area contributed by atoms with Crippen LogP contribution in [0.1, 0.15) is 28.4 Å². The number of nitrogens with one attached hydrogen (secondary N) is 2. The van der Waals surface area contributed by atoms with Crippen LogP contribution >= 0.6 is 0 Å². The smallest absolute Gasteiger partial charge is 0.287 e. The van der Waals surface area contributed by atoms with Crippen molar-refractivity contribution >= 4 is 29.3 Å². The van der Waals surface area contributed by atoms with Crippen LogP contribution in [-0.2, 0) is 4.79 Å². The van der Waals surface area contributed by atoms with Crippen LogP contribution in [0, 0.1) is 10.1 Å². The Morgan fingerprint density at radius 2 is 1.61 bits per heavy atom. The van der Waals surface area contributed by atoms with E-state index in [1.807, 2.05) is 0 Å². The topological polar surface area (TPSA) is 132 Å². The SMILES string of the molecule is COc1ccc(/C=C(\NC(=O)c2ccccc2)C(=O)NN=C(C)c2cccc([N+](=O)[O-])c2)cc1OC. The second-order valence-corrected chi connectivity index (χ2v) is 7.44. The van der Waals surface area contributed by atoms with Gasteiger partial charge in [0.1, 0.15) is 5.70 Å². The molecule has 0 fully saturated rings. The van der Waals surface area contributed by atoms with Gasteiger partial charge in [0.05, 0.1) is 24.9 Å². The normalized spacial score (nSPS) is 11.4. The van der Waals surface area contributed by atoms with E-state index < -0.39 is 16.7 Å². The number of hydrazone groups is 1. The largest absolute Gasteiger partial charge is 0.493 e. The minimum Gasteiger partial charge on any atom is -0.493 e. The van der Waals surface area contributed by atoms with Crippen molar-refractivity contribution < 1.29 is 24.0 Å². The number of benzene rings is 3. The van der Waals surface area contributed by atoms with Gasteiger partial charge in [-0.2, -0.15) is 5.10 Å². The Kier molecular flexibility index (Phi) is 8.49. The third-order valence-electron chi connectivity index (χ3n) is 5.05. The standard InChI is InChI=1S/C26H24N4O6/c1-17(20-10-7-11-21(16-20)30(33)34)28-29-26(32)22(27-25(31)19-8-5-4-6-9-19)14-18-12-13-23(35-2)24(15-18)36-3/h4-16H,1-3H3,(H,27,31)(H,29,32)/b22-14-,28-17?. The fourth-order valence-electron chi connectivity index (χ4n) is 3.16. The molecule has 10 nitrogen and oxygen atoms in total. The van der Waals surface area contributed by atoms with E-state index in [4.69, 9.17) is 9.47 Å². The Bertz CT molecular complexity index is 1340. The average Bonchev–Trinajstić information content (AvgIpc) is 2.91. The summed E-state index contributed by atoms with van der Waals surface area (Å²) in [6.07, 6.45) is 1.47. The molecule has 0 aliphatic carbocycles. The summed E-state index contributed by atoms with van der Waals surface area (Å²) in [4.78, 5) is 36.3. The molecule has 184 valence electrons. The number of rotatable bonds is 9. The first-order chi connectivity index (χ1) is 17.3. The van der Waals surface area contributed by atoms with Crippen molar-refractivity contribution in [2.24, 2.45) is 5.10 Å². The van der Waals surface area contributed by atoms with Crippen molar-refractivity contribution in [1.82, 2.24) is 10.7 Å². The summed E-state index contributed by atoms with van der Waals surface area (Å²) in [5.74, 6) is -0.234. The number of nitrogens with zero attached hydrogens (tertiary/aromatic N) is 2. The lowest BCUT2D eigenvalue weighted by Crippen LogP contribution is -2.33. The van der Waals surface area contributed by atoms with Crippen LogP contribution in [-0.4, -0.2) is 36.7 Å². The summed E-state index contributed by atoms with van der Waals surface area (Å²) in [5.41, 5.74) is 3.94. The summed E-state index contributed by atoms with van der Waals surface area (Å²) in [7, 11) is 3.00. The molecule has 0 saturated carbocycles. The molecule has 0 aliphatic heterocycles. The van der Waals surface area contributed by atoms with Crippen LogP contribution in [0.5, 0.6) is 11.5 Å². The molecule has 0 saturated heterocycles. The average molecular weight is 489 g/mol. The number of hydrogen-bond acceptors (Lipinski definition) is 7. The van der Waals surface area contributed by atoms with Crippen LogP contribution in [0.25, 0.3) is 6.08 Å². The van der Waals surface area contributed by atoms with E-state index in [0.29, 0.717) is 33.9 Å². The van der Waals surface area contributed by atoms with Gasteiger partial charge in [-0.15, -0.1) is 0 Å². The van der Waals surface area contributed by atoms with Gasteiger partial charge in [0, 0.05) is 23.3 Å². The maximum absolute atomic E-state index is 13.0. The van der Waals surface area contributed by atoms with Crippen molar-refractivity contribution in [1.29, 1.82) is 0 Å². The lowest BCUT2D eigenvalue weighted by molar-refractivity contribution is -0.384. The molecule has 3 rings (SSSR count). The maximum Gasteiger partial charge on any atom is 0.287 e. The van der Waals surface area contributed by atoms with Gasteiger partial charge in [-0.25, -0.2) is 5.43 Å². The van der Waals surface area contributed by atoms with E-state index in [1.54, 1.807) is 61.5 Å². The van der Waals surface area contributed by atoms with Gasteiger partial charge in [-0.3, -0.25) is 19.7 Å². The predicted molar refractivity (Wildman–Crippen MR) is 135 cm³/mol. The van der Waals surface area contributed by atoms with E-state index >= 15 is 0 Å². The third-order valence-corrected chi connectivity index (χ3v) is 5.05. The van der Waals surface area contributed by atoms with E-state index in [1.165, 1.54) is 38.5 Å². The second kappa shape index (κ2) is 11.9. The molecule has 3 aromatic rings. The molecule has 0 unspecified atom stereocenters. The van der Waals surface area contributed by atoms with Gasteiger partial charge in [-0.05, 0) is 42.8 Å². The summed E-state index contributed by atoms with van der Waals surface area (Å²) in [6.45, 7) is 1.60. The summed E-state index contributed by atoms with van der Waals surface area (Å²) in [5, 5.41) is 17.7. The number of ether oxygens (including phenoxy) is 2. The highest BCUT2D eigenvalue weighted by molar-refractivity contribution is 6.06. The molecule has 0 aromatic heterocycles. The number of amides is 2. The van der Waals surface area contributed by atoms with Crippen molar-refractivity contribution in [3.05, 3.63) is 105 Å². The van der Waals surface area contributed by atoms with Crippen molar-refractivity contribution in [3.8, 4) is 11.5 Å².